The molecule has 0 saturated carbocycles. The van der Waals surface area contributed by atoms with Gasteiger partial charge in [0.1, 0.15) is 11.5 Å². The van der Waals surface area contributed by atoms with Crippen molar-refractivity contribution in [1.82, 2.24) is 14.7 Å². The summed E-state index contributed by atoms with van der Waals surface area (Å²) in [4.78, 5) is 14.0. The molecule has 0 spiro atoms. The molecule has 2 aromatic heterocycles. The molecule has 0 atom stereocenters. The average Bonchev–Trinajstić information content (AvgIpc) is 3.20. The monoisotopic (exact) mass is 309 g/mol. The molecule has 0 saturated heterocycles. The van der Waals surface area contributed by atoms with E-state index in [0.717, 1.165) is 22.8 Å². The normalized spacial score (nSPS) is 10.7. The van der Waals surface area contributed by atoms with Gasteiger partial charge in [0.25, 0.3) is 0 Å². The predicted octanol–water partition coefficient (Wildman–Crippen LogP) is 2.97. The third-order valence-corrected chi connectivity index (χ3v) is 3.68. The van der Waals surface area contributed by atoms with Crippen LogP contribution in [-0.2, 0) is 17.8 Å². The molecule has 0 unspecified atom stereocenters. The minimum absolute atomic E-state index is 0.0610. The molecule has 118 valence electrons. The highest BCUT2D eigenvalue weighted by Gasteiger charge is 2.12. The van der Waals surface area contributed by atoms with Gasteiger partial charge in [-0.25, -0.2) is 4.68 Å². The zero-order valence-electron chi connectivity index (χ0n) is 13.3. The van der Waals surface area contributed by atoms with Crippen molar-refractivity contribution in [2.75, 3.05) is 7.05 Å². The van der Waals surface area contributed by atoms with Gasteiger partial charge in [-0.2, -0.15) is 5.10 Å². The maximum atomic E-state index is 12.3. The van der Waals surface area contributed by atoms with Crippen LogP contribution in [0.25, 0.3) is 5.69 Å². The van der Waals surface area contributed by atoms with Crippen LogP contribution >= 0.6 is 0 Å². The first-order valence-electron chi connectivity index (χ1n) is 7.50. The van der Waals surface area contributed by atoms with Gasteiger partial charge >= 0.3 is 0 Å². The van der Waals surface area contributed by atoms with E-state index in [-0.39, 0.29) is 5.91 Å². The highest BCUT2D eigenvalue weighted by molar-refractivity contribution is 5.78. The van der Waals surface area contributed by atoms with Crippen molar-refractivity contribution in [1.29, 1.82) is 0 Å². The van der Waals surface area contributed by atoms with E-state index >= 15 is 0 Å². The summed E-state index contributed by atoms with van der Waals surface area (Å²) in [5.74, 6) is 1.72. The standard InChI is InChI=1S/C18H19N3O2/c1-14-4-9-17(23-14)13-20(2)18(22)12-15-5-7-16(8-6-15)21-11-3-10-19-21/h3-11H,12-13H2,1-2H3. The highest BCUT2D eigenvalue weighted by Crippen LogP contribution is 2.12. The third kappa shape index (κ3) is 3.69. The lowest BCUT2D eigenvalue weighted by Crippen LogP contribution is -2.27. The lowest BCUT2D eigenvalue weighted by Gasteiger charge is -2.16. The Morgan fingerprint density at radius 1 is 1.22 bits per heavy atom. The van der Waals surface area contributed by atoms with Crippen molar-refractivity contribution in [3.05, 3.63) is 71.9 Å². The molecular weight excluding hydrogens is 290 g/mol. The van der Waals surface area contributed by atoms with Gasteiger partial charge in [-0.3, -0.25) is 4.79 Å². The number of likely N-dealkylation sites (N-methyl/N-ethyl adjacent to an activating group) is 1. The first kappa shape index (κ1) is 15.1. The first-order valence-corrected chi connectivity index (χ1v) is 7.50. The Kier molecular flexibility index (Phi) is 4.28. The van der Waals surface area contributed by atoms with Crippen molar-refractivity contribution in [3.8, 4) is 5.69 Å². The summed E-state index contributed by atoms with van der Waals surface area (Å²) in [5, 5.41) is 4.19. The fourth-order valence-electron chi connectivity index (χ4n) is 2.39. The van der Waals surface area contributed by atoms with Crippen molar-refractivity contribution in [2.45, 2.75) is 19.9 Å². The van der Waals surface area contributed by atoms with Gasteiger partial charge < -0.3 is 9.32 Å². The van der Waals surface area contributed by atoms with Crippen molar-refractivity contribution >= 4 is 5.91 Å². The summed E-state index contributed by atoms with van der Waals surface area (Å²) in [5.41, 5.74) is 1.96. The lowest BCUT2D eigenvalue weighted by atomic mass is 10.1. The van der Waals surface area contributed by atoms with E-state index in [1.54, 1.807) is 22.8 Å². The van der Waals surface area contributed by atoms with E-state index in [1.165, 1.54) is 0 Å². The molecule has 0 radical (unpaired) electrons. The van der Waals surface area contributed by atoms with Gasteiger partial charge in [-0.05, 0) is 42.8 Å². The van der Waals surface area contributed by atoms with Gasteiger partial charge in [-0.1, -0.05) is 12.1 Å². The Morgan fingerprint density at radius 3 is 2.61 bits per heavy atom. The first-order chi connectivity index (χ1) is 11.1. The molecule has 0 aliphatic heterocycles. The Balaban J connectivity index is 1.61. The summed E-state index contributed by atoms with van der Waals surface area (Å²) >= 11 is 0. The minimum Gasteiger partial charge on any atom is -0.464 e. The minimum atomic E-state index is 0.0610. The number of aromatic nitrogens is 2. The molecule has 1 aromatic carbocycles. The Morgan fingerprint density at radius 2 is 2.00 bits per heavy atom. The van der Waals surface area contributed by atoms with Crippen LogP contribution in [0.5, 0.6) is 0 Å². The second kappa shape index (κ2) is 6.52. The van der Waals surface area contributed by atoms with E-state index in [9.17, 15) is 4.79 Å². The number of amides is 1. The van der Waals surface area contributed by atoms with Crippen LogP contribution in [0.2, 0.25) is 0 Å². The number of carbonyl (C=O) groups is 1. The second-order valence-corrected chi connectivity index (χ2v) is 5.56. The number of hydrogen-bond donors (Lipinski definition) is 0. The van der Waals surface area contributed by atoms with E-state index < -0.39 is 0 Å². The smallest absolute Gasteiger partial charge is 0.227 e. The molecule has 3 aromatic rings. The van der Waals surface area contributed by atoms with Crippen LogP contribution in [0, 0.1) is 6.92 Å². The quantitative estimate of drug-likeness (QED) is 0.728. The SMILES string of the molecule is Cc1ccc(CN(C)C(=O)Cc2ccc(-n3cccn3)cc2)o1. The van der Waals surface area contributed by atoms with Gasteiger partial charge in [0, 0.05) is 19.4 Å². The molecule has 5 heteroatoms. The van der Waals surface area contributed by atoms with Crippen LogP contribution in [-0.4, -0.2) is 27.6 Å². The van der Waals surface area contributed by atoms with E-state index in [2.05, 4.69) is 5.10 Å². The number of nitrogens with zero attached hydrogens (tertiary/aromatic N) is 3. The lowest BCUT2D eigenvalue weighted by molar-refractivity contribution is -0.129. The molecule has 1 amide bonds. The van der Waals surface area contributed by atoms with Crippen LogP contribution < -0.4 is 0 Å². The van der Waals surface area contributed by atoms with E-state index in [4.69, 9.17) is 4.42 Å². The number of aryl methyl sites for hydroxylation is 1. The van der Waals surface area contributed by atoms with Crippen molar-refractivity contribution in [3.63, 3.8) is 0 Å². The number of hydrogen-bond acceptors (Lipinski definition) is 3. The van der Waals surface area contributed by atoms with Crippen LogP contribution in [0.3, 0.4) is 0 Å². The molecular formula is C18H19N3O2. The number of furan rings is 1. The maximum absolute atomic E-state index is 12.3. The van der Waals surface area contributed by atoms with E-state index in [0.29, 0.717) is 13.0 Å². The molecule has 23 heavy (non-hydrogen) atoms. The number of rotatable bonds is 5. The van der Waals surface area contributed by atoms with Crippen molar-refractivity contribution < 1.29 is 9.21 Å². The zero-order valence-corrected chi connectivity index (χ0v) is 13.3. The highest BCUT2D eigenvalue weighted by atomic mass is 16.3. The van der Waals surface area contributed by atoms with Crippen LogP contribution in [0.4, 0.5) is 0 Å². The van der Waals surface area contributed by atoms with Crippen molar-refractivity contribution in [2.24, 2.45) is 0 Å². The van der Waals surface area contributed by atoms with Gasteiger partial charge in [0.15, 0.2) is 0 Å². The summed E-state index contributed by atoms with van der Waals surface area (Å²) in [6.07, 6.45) is 4.00. The van der Waals surface area contributed by atoms with Crippen LogP contribution in [0.1, 0.15) is 17.1 Å². The number of benzene rings is 1. The molecule has 0 bridgehead atoms. The Bertz CT molecular complexity index is 773. The summed E-state index contributed by atoms with van der Waals surface area (Å²) < 4.78 is 7.30. The summed E-state index contributed by atoms with van der Waals surface area (Å²) in [6.45, 7) is 2.38. The maximum Gasteiger partial charge on any atom is 0.227 e. The van der Waals surface area contributed by atoms with Crippen LogP contribution in [0.15, 0.2) is 59.3 Å². The molecule has 5 nitrogen and oxygen atoms in total. The zero-order chi connectivity index (χ0) is 16.2. The average molecular weight is 309 g/mol. The van der Waals surface area contributed by atoms with Gasteiger partial charge in [0.2, 0.25) is 5.91 Å². The second-order valence-electron chi connectivity index (χ2n) is 5.56. The molecule has 3 rings (SSSR count). The van der Waals surface area contributed by atoms with Gasteiger partial charge in [-0.15, -0.1) is 0 Å². The summed E-state index contributed by atoms with van der Waals surface area (Å²) in [6, 6.07) is 13.5. The predicted molar refractivity (Wildman–Crippen MR) is 87.2 cm³/mol. The largest absolute Gasteiger partial charge is 0.464 e. The molecule has 0 aliphatic rings. The Hall–Kier alpha value is -2.82. The van der Waals surface area contributed by atoms with E-state index in [1.807, 2.05) is 55.6 Å². The molecule has 0 N–H and O–H groups in total. The fourth-order valence-corrected chi connectivity index (χ4v) is 2.39. The Labute approximate surface area is 135 Å². The van der Waals surface area contributed by atoms with Gasteiger partial charge in [0.05, 0.1) is 18.7 Å². The fraction of sp³-hybridized carbons (Fsp3) is 0.222. The molecule has 0 fully saturated rings. The molecule has 0 aliphatic carbocycles. The topological polar surface area (TPSA) is 51.3 Å². The third-order valence-electron chi connectivity index (χ3n) is 3.68. The number of carbonyl (C=O) groups excluding carboxylic acids is 1. The summed E-state index contributed by atoms with van der Waals surface area (Å²) in [7, 11) is 1.79. The molecule has 2 heterocycles.